The van der Waals surface area contributed by atoms with Crippen LogP contribution < -0.4 is 5.32 Å². The second-order valence-corrected chi connectivity index (χ2v) is 5.62. The second kappa shape index (κ2) is 11.9. The molecule has 0 aliphatic rings. The summed E-state index contributed by atoms with van der Waals surface area (Å²) in [4.78, 5) is 20.0. The van der Waals surface area contributed by atoms with Crippen LogP contribution in [0, 0.1) is 5.92 Å². The topological polar surface area (TPSA) is 57.2 Å². The molecule has 0 saturated heterocycles. The van der Waals surface area contributed by atoms with Gasteiger partial charge in [-0.2, -0.15) is 0 Å². The molecule has 0 radical (unpaired) electrons. The van der Waals surface area contributed by atoms with Crippen LogP contribution in [-0.2, 0) is 4.74 Å². The highest BCUT2D eigenvalue weighted by Gasteiger charge is 2.15. The number of nitrogens with one attached hydrogen (secondary N) is 1. The summed E-state index contributed by atoms with van der Waals surface area (Å²) in [5.74, 6) is 1.36. The standard InChI is InChI=1S/C14H30N4O2.HI/c1-8-20-14(19)16-12(9-11(2)3)10-15-13(17(4)5)18(6)7;/h11-12H,8-10H2,1-7H3,(H,16,19);1H. The van der Waals surface area contributed by atoms with Crippen LogP contribution in [0.15, 0.2) is 4.99 Å². The molecule has 0 aromatic rings. The lowest BCUT2D eigenvalue weighted by Crippen LogP contribution is -2.41. The van der Waals surface area contributed by atoms with Gasteiger partial charge in [0.25, 0.3) is 0 Å². The van der Waals surface area contributed by atoms with E-state index >= 15 is 0 Å². The number of carbonyl (C=O) groups excluding carboxylic acids is 1. The maximum absolute atomic E-state index is 11.5. The SMILES string of the molecule is CCOC(=O)NC(CN=C(N(C)C)N(C)C)CC(C)C.I. The van der Waals surface area contributed by atoms with Gasteiger partial charge < -0.3 is 19.9 Å². The second-order valence-electron chi connectivity index (χ2n) is 5.62. The smallest absolute Gasteiger partial charge is 0.407 e. The molecule has 0 aliphatic carbocycles. The average Bonchev–Trinajstić information content (AvgIpc) is 2.27. The maximum atomic E-state index is 11.5. The number of halogens is 1. The van der Waals surface area contributed by atoms with Crippen molar-refractivity contribution in [3.05, 3.63) is 0 Å². The monoisotopic (exact) mass is 414 g/mol. The molecule has 1 atom stereocenters. The molecule has 7 heteroatoms. The Hall–Kier alpha value is -0.730. The van der Waals surface area contributed by atoms with Gasteiger partial charge in [-0.05, 0) is 19.3 Å². The molecule has 0 bridgehead atoms. The zero-order chi connectivity index (χ0) is 15.7. The summed E-state index contributed by atoms with van der Waals surface area (Å²) in [7, 11) is 7.81. The normalized spacial score (nSPS) is 11.2. The Labute approximate surface area is 146 Å². The predicted molar refractivity (Wildman–Crippen MR) is 98.5 cm³/mol. The van der Waals surface area contributed by atoms with Gasteiger partial charge in [-0.15, -0.1) is 24.0 Å². The molecule has 6 nitrogen and oxygen atoms in total. The number of ether oxygens (including phenoxy) is 1. The quantitative estimate of drug-likeness (QED) is 0.412. The number of nitrogens with zero attached hydrogens (tertiary/aromatic N) is 3. The van der Waals surface area contributed by atoms with Crippen molar-refractivity contribution in [3.63, 3.8) is 0 Å². The molecule has 1 unspecified atom stereocenters. The molecule has 21 heavy (non-hydrogen) atoms. The molecule has 0 aliphatic heterocycles. The van der Waals surface area contributed by atoms with E-state index in [1.54, 1.807) is 6.92 Å². The minimum atomic E-state index is -0.371. The third kappa shape index (κ3) is 10.6. The first-order chi connectivity index (χ1) is 9.27. The van der Waals surface area contributed by atoms with E-state index in [0.29, 0.717) is 19.1 Å². The first kappa shape index (κ1) is 22.5. The number of guanidine groups is 1. The average molecular weight is 414 g/mol. The van der Waals surface area contributed by atoms with Crippen LogP contribution in [-0.4, -0.2) is 69.2 Å². The molecule has 0 fully saturated rings. The fourth-order valence-corrected chi connectivity index (χ4v) is 1.96. The molecule has 0 spiro atoms. The van der Waals surface area contributed by atoms with E-state index in [1.165, 1.54) is 0 Å². The molecular formula is C14H31IN4O2. The summed E-state index contributed by atoms with van der Waals surface area (Å²) in [6.45, 7) is 6.98. The van der Waals surface area contributed by atoms with Crippen molar-refractivity contribution in [2.45, 2.75) is 33.2 Å². The Bertz CT molecular complexity index is 310. The fraction of sp³-hybridized carbons (Fsp3) is 0.857. The molecular weight excluding hydrogens is 383 g/mol. The molecule has 126 valence electrons. The molecule has 0 aromatic carbocycles. The van der Waals surface area contributed by atoms with Crippen molar-refractivity contribution in [2.24, 2.45) is 10.9 Å². The Kier molecular flexibility index (Phi) is 12.8. The summed E-state index contributed by atoms with van der Waals surface area (Å²) >= 11 is 0. The van der Waals surface area contributed by atoms with Crippen molar-refractivity contribution < 1.29 is 9.53 Å². The van der Waals surface area contributed by atoms with E-state index < -0.39 is 0 Å². The molecule has 0 aromatic heterocycles. The van der Waals surface area contributed by atoms with Crippen LogP contribution in [0.1, 0.15) is 27.2 Å². The van der Waals surface area contributed by atoms with Crippen molar-refractivity contribution in [1.82, 2.24) is 15.1 Å². The molecule has 0 heterocycles. The first-order valence-corrected chi connectivity index (χ1v) is 7.10. The summed E-state index contributed by atoms with van der Waals surface area (Å²) in [6.07, 6.45) is 0.501. The zero-order valence-corrected chi connectivity index (χ0v) is 16.7. The minimum Gasteiger partial charge on any atom is -0.450 e. The van der Waals surface area contributed by atoms with Gasteiger partial charge in [-0.25, -0.2) is 4.79 Å². The van der Waals surface area contributed by atoms with Crippen LogP contribution in [0.4, 0.5) is 4.79 Å². The molecule has 0 saturated carbocycles. The van der Waals surface area contributed by atoms with Crippen LogP contribution >= 0.6 is 24.0 Å². The van der Waals surface area contributed by atoms with Gasteiger partial charge in [-0.1, -0.05) is 13.8 Å². The molecule has 0 rings (SSSR count). The van der Waals surface area contributed by atoms with E-state index in [0.717, 1.165) is 12.4 Å². The number of alkyl carbamates (subject to hydrolysis) is 1. The molecule has 1 amide bonds. The fourth-order valence-electron chi connectivity index (χ4n) is 1.96. The number of rotatable bonds is 6. The van der Waals surface area contributed by atoms with E-state index in [4.69, 9.17) is 4.74 Å². The van der Waals surface area contributed by atoms with E-state index in [-0.39, 0.29) is 36.1 Å². The van der Waals surface area contributed by atoms with Crippen LogP contribution in [0.3, 0.4) is 0 Å². The lowest BCUT2D eigenvalue weighted by atomic mass is 10.0. The largest absolute Gasteiger partial charge is 0.450 e. The minimum absolute atomic E-state index is 0. The lowest BCUT2D eigenvalue weighted by Gasteiger charge is -2.24. The van der Waals surface area contributed by atoms with E-state index in [9.17, 15) is 4.79 Å². The Balaban J connectivity index is 0. The Morgan fingerprint density at radius 3 is 2.10 bits per heavy atom. The van der Waals surface area contributed by atoms with Gasteiger partial charge >= 0.3 is 6.09 Å². The third-order valence-corrected chi connectivity index (χ3v) is 2.61. The number of hydrogen-bond donors (Lipinski definition) is 1. The number of amides is 1. The zero-order valence-electron chi connectivity index (χ0n) is 14.3. The van der Waals surface area contributed by atoms with Gasteiger partial charge in [0.1, 0.15) is 0 Å². The van der Waals surface area contributed by atoms with Gasteiger partial charge in [-0.3, -0.25) is 4.99 Å². The number of hydrogen-bond acceptors (Lipinski definition) is 3. The van der Waals surface area contributed by atoms with Gasteiger partial charge in [0.2, 0.25) is 0 Å². The Morgan fingerprint density at radius 1 is 1.19 bits per heavy atom. The number of carbonyl (C=O) groups is 1. The lowest BCUT2D eigenvalue weighted by molar-refractivity contribution is 0.147. The van der Waals surface area contributed by atoms with Crippen molar-refractivity contribution in [1.29, 1.82) is 0 Å². The third-order valence-electron chi connectivity index (χ3n) is 2.61. The van der Waals surface area contributed by atoms with Crippen molar-refractivity contribution in [2.75, 3.05) is 41.3 Å². The summed E-state index contributed by atoms with van der Waals surface area (Å²) < 4.78 is 4.94. The highest BCUT2D eigenvalue weighted by Crippen LogP contribution is 2.06. The molecule has 1 N–H and O–H groups in total. The van der Waals surface area contributed by atoms with Crippen LogP contribution in [0.2, 0.25) is 0 Å². The first-order valence-electron chi connectivity index (χ1n) is 7.10. The number of aliphatic imine (C=N–C) groups is 1. The van der Waals surface area contributed by atoms with Crippen molar-refractivity contribution >= 4 is 36.0 Å². The summed E-state index contributed by atoms with van der Waals surface area (Å²) in [6, 6.07) is -0.0102. The highest BCUT2D eigenvalue weighted by atomic mass is 127. The van der Waals surface area contributed by atoms with E-state index in [2.05, 4.69) is 24.2 Å². The van der Waals surface area contributed by atoms with Gasteiger partial charge in [0.15, 0.2) is 5.96 Å². The summed E-state index contributed by atoms with van der Waals surface area (Å²) in [5, 5.41) is 2.88. The van der Waals surface area contributed by atoms with Crippen LogP contribution in [0.25, 0.3) is 0 Å². The summed E-state index contributed by atoms with van der Waals surface area (Å²) in [5.41, 5.74) is 0. The predicted octanol–water partition coefficient (Wildman–Crippen LogP) is 2.24. The maximum Gasteiger partial charge on any atom is 0.407 e. The van der Waals surface area contributed by atoms with Gasteiger partial charge in [0.05, 0.1) is 19.2 Å². The van der Waals surface area contributed by atoms with E-state index in [1.807, 2.05) is 38.0 Å². The van der Waals surface area contributed by atoms with Crippen LogP contribution in [0.5, 0.6) is 0 Å². The van der Waals surface area contributed by atoms with Crippen molar-refractivity contribution in [3.8, 4) is 0 Å². The Morgan fingerprint density at radius 2 is 1.71 bits per heavy atom. The van der Waals surface area contributed by atoms with Gasteiger partial charge in [0, 0.05) is 28.2 Å². The highest BCUT2D eigenvalue weighted by molar-refractivity contribution is 14.0.